The second-order valence-electron chi connectivity index (χ2n) is 1.52. The molecule has 0 aromatic carbocycles. The maximum atomic E-state index is 6.49. The number of halogens is 1. The molecule has 3 nitrogen and oxygen atoms in total. The standard InChI is InChI=1S/C4H10ClN3/c1-8(7-6)4-2-3-5/h6H,2-4H2,1H3. The average molecular weight is 136 g/mol. The van der Waals surface area contributed by atoms with E-state index in [9.17, 15) is 0 Å². The molecule has 0 saturated carbocycles. The first kappa shape index (κ1) is 7.69. The van der Waals surface area contributed by atoms with Crippen LogP contribution in [0.5, 0.6) is 0 Å². The Balaban J connectivity index is 2.98. The molecule has 8 heavy (non-hydrogen) atoms. The molecule has 0 rings (SSSR count). The maximum absolute atomic E-state index is 6.49. The minimum Gasteiger partial charge on any atom is -0.282 e. The average Bonchev–Trinajstić information content (AvgIpc) is 1.83. The molecule has 0 atom stereocenters. The molecular formula is C4H10ClN3. The SMILES string of the molecule is CN(CCCCl)N=N. The molecule has 0 aromatic heterocycles. The van der Waals surface area contributed by atoms with Crippen LogP contribution in [0.15, 0.2) is 5.22 Å². The van der Waals surface area contributed by atoms with E-state index in [1.807, 2.05) is 0 Å². The third-order valence-electron chi connectivity index (χ3n) is 0.786. The maximum Gasteiger partial charge on any atom is 0.0385 e. The van der Waals surface area contributed by atoms with E-state index in [1.165, 1.54) is 0 Å². The van der Waals surface area contributed by atoms with Gasteiger partial charge in [0.05, 0.1) is 0 Å². The Bertz CT molecular complexity index is 66.3. The van der Waals surface area contributed by atoms with Gasteiger partial charge in [-0.3, -0.25) is 5.01 Å². The highest BCUT2D eigenvalue weighted by molar-refractivity contribution is 6.17. The van der Waals surface area contributed by atoms with E-state index in [0.29, 0.717) is 5.88 Å². The molecule has 0 aliphatic rings. The zero-order chi connectivity index (χ0) is 6.41. The number of hydrogen-bond donors (Lipinski definition) is 1. The molecule has 48 valence electrons. The summed E-state index contributed by atoms with van der Waals surface area (Å²) in [7, 11) is 1.75. The van der Waals surface area contributed by atoms with E-state index in [4.69, 9.17) is 17.1 Å². The number of nitrogens with zero attached hydrogens (tertiary/aromatic N) is 2. The van der Waals surface area contributed by atoms with Crippen LogP contribution in [0.2, 0.25) is 0 Å². The Hall–Kier alpha value is -0.310. The molecule has 0 bridgehead atoms. The Morgan fingerprint density at radius 3 is 2.75 bits per heavy atom. The van der Waals surface area contributed by atoms with Crippen LogP contribution in [-0.2, 0) is 0 Å². The van der Waals surface area contributed by atoms with Crippen molar-refractivity contribution in [2.45, 2.75) is 6.42 Å². The Labute approximate surface area is 54.1 Å². The highest BCUT2D eigenvalue weighted by Crippen LogP contribution is 1.88. The third kappa shape index (κ3) is 3.87. The van der Waals surface area contributed by atoms with Gasteiger partial charge in [-0.05, 0) is 6.42 Å². The molecule has 0 spiro atoms. The predicted molar refractivity (Wildman–Crippen MR) is 33.1 cm³/mol. The number of rotatable bonds is 4. The van der Waals surface area contributed by atoms with Crippen molar-refractivity contribution in [3.63, 3.8) is 0 Å². The quantitative estimate of drug-likeness (QED) is 0.354. The van der Waals surface area contributed by atoms with Crippen molar-refractivity contribution in [3.05, 3.63) is 0 Å². The molecular weight excluding hydrogens is 126 g/mol. The van der Waals surface area contributed by atoms with Gasteiger partial charge in [-0.1, -0.05) is 5.22 Å². The summed E-state index contributed by atoms with van der Waals surface area (Å²) in [6, 6.07) is 0. The van der Waals surface area contributed by atoms with Gasteiger partial charge in [0.25, 0.3) is 0 Å². The molecule has 4 heteroatoms. The van der Waals surface area contributed by atoms with E-state index in [0.717, 1.165) is 13.0 Å². The summed E-state index contributed by atoms with van der Waals surface area (Å²) in [6.45, 7) is 0.771. The number of hydrogen-bond acceptors (Lipinski definition) is 2. The fraction of sp³-hybridized carbons (Fsp3) is 1.00. The minimum absolute atomic E-state index is 0.639. The van der Waals surface area contributed by atoms with Crippen molar-refractivity contribution in [1.82, 2.24) is 5.01 Å². The molecule has 0 amide bonds. The van der Waals surface area contributed by atoms with E-state index in [2.05, 4.69) is 5.22 Å². The number of alkyl halides is 1. The summed E-state index contributed by atoms with van der Waals surface area (Å²) in [6.07, 6.45) is 0.889. The highest BCUT2D eigenvalue weighted by atomic mass is 35.5. The summed E-state index contributed by atoms with van der Waals surface area (Å²) in [5.41, 5.74) is 6.49. The van der Waals surface area contributed by atoms with Crippen LogP contribution < -0.4 is 0 Å². The van der Waals surface area contributed by atoms with Crippen LogP contribution in [0.1, 0.15) is 6.42 Å². The van der Waals surface area contributed by atoms with Crippen LogP contribution in [0.4, 0.5) is 0 Å². The molecule has 1 N–H and O–H groups in total. The van der Waals surface area contributed by atoms with Gasteiger partial charge in [-0.2, -0.15) is 5.53 Å². The number of nitrogens with one attached hydrogen (secondary N) is 1. The van der Waals surface area contributed by atoms with Gasteiger partial charge in [0, 0.05) is 19.5 Å². The second-order valence-corrected chi connectivity index (χ2v) is 1.90. The fourth-order valence-electron chi connectivity index (χ4n) is 0.339. The minimum atomic E-state index is 0.639. The Morgan fingerprint density at radius 2 is 2.38 bits per heavy atom. The zero-order valence-corrected chi connectivity index (χ0v) is 5.65. The monoisotopic (exact) mass is 135 g/mol. The van der Waals surface area contributed by atoms with Crippen LogP contribution >= 0.6 is 11.6 Å². The smallest absolute Gasteiger partial charge is 0.0385 e. The summed E-state index contributed by atoms with van der Waals surface area (Å²) < 4.78 is 0. The van der Waals surface area contributed by atoms with E-state index < -0.39 is 0 Å². The normalized spacial score (nSPS) is 8.75. The lowest BCUT2D eigenvalue weighted by Gasteiger charge is -2.06. The molecule has 0 radical (unpaired) electrons. The largest absolute Gasteiger partial charge is 0.282 e. The lowest BCUT2D eigenvalue weighted by molar-refractivity contribution is 0.322. The molecule has 0 aliphatic heterocycles. The van der Waals surface area contributed by atoms with Gasteiger partial charge in [-0.15, -0.1) is 11.6 Å². The van der Waals surface area contributed by atoms with Gasteiger partial charge in [-0.25, -0.2) is 0 Å². The van der Waals surface area contributed by atoms with E-state index in [1.54, 1.807) is 12.1 Å². The summed E-state index contributed by atoms with van der Waals surface area (Å²) in [5.74, 6) is 0.639. The summed E-state index contributed by atoms with van der Waals surface area (Å²) in [5, 5.41) is 4.69. The van der Waals surface area contributed by atoms with Gasteiger partial charge in [0.2, 0.25) is 0 Å². The molecule has 0 aliphatic carbocycles. The van der Waals surface area contributed by atoms with Gasteiger partial charge >= 0.3 is 0 Å². The van der Waals surface area contributed by atoms with Crippen molar-refractivity contribution < 1.29 is 0 Å². The van der Waals surface area contributed by atoms with Gasteiger partial charge < -0.3 is 0 Å². The molecule has 0 fully saturated rings. The first-order valence-electron chi connectivity index (χ1n) is 2.45. The predicted octanol–water partition coefficient (Wildman–Crippen LogP) is 1.49. The first-order chi connectivity index (χ1) is 3.81. The van der Waals surface area contributed by atoms with Crippen LogP contribution in [-0.4, -0.2) is 24.5 Å². The molecule has 0 aromatic rings. The van der Waals surface area contributed by atoms with Crippen molar-refractivity contribution >= 4 is 11.6 Å². The Kier molecular flexibility index (Phi) is 4.65. The fourth-order valence-corrected chi connectivity index (χ4v) is 0.458. The first-order valence-corrected chi connectivity index (χ1v) is 2.99. The van der Waals surface area contributed by atoms with Crippen LogP contribution in [0, 0.1) is 5.53 Å². The van der Waals surface area contributed by atoms with Crippen LogP contribution in [0.25, 0.3) is 0 Å². The van der Waals surface area contributed by atoms with Crippen molar-refractivity contribution in [3.8, 4) is 0 Å². The zero-order valence-electron chi connectivity index (χ0n) is 4.89. The van der Waals surface area contributed by atoms with Gasteiger partial charge in [0.1, 0.15) is 0 Å². The summed E-state index contributed by atoms with van der Waals surface area (Å²) in [4.78, 5) is 0. The highest BCUT2D eigenvalue weighted by Gasteiger charge is 1.88. The lowest BCUT2D eigenvalue weighted by atomic mass is 10.5. The topological polar surface area (TPSA) is 39.5 Å². The van der Waals surface area contributed by atoms with Crippen molar-refractivity contribution in [1.29, 1.82) is 5.53 Å². The van der Waals surface area contributed by atoms with Gasteiger partial charge in [0.15, 0.2) is 0 Å². The third-order valence-corrected chi connectivity index (χ3v) is 1.05. The van der Waals surface area contributed by atoms with E-state index >= 15 is 0 Å². The van der Waals surface area contributed by atoms with Crippen molar-refractivity contribution in [2.75, 3.05) is 19.5 Å². The Morgan fingerprint density at radius 1 is 1.75 bits per heavy atom. The second kappa shape index (κ2) is 4.84. The summed E-state index contributed by atoms with van der Waals surface area (Å²) >= 11 is 5.37. The molecule has 0 heterocycles. The van der Waals surface area contributed by atoms with Crippen molar-refractivity contribution in [2.24, 2.45) is 5.22 Å². The molecule has 0 unspecified atom stereocenters. The van der Waals surface area contributed by atoms with Crippen LogP contribution in [0.3, 0.4) is 0 Å². The molecule has 0 saturated heterocycles. The van der Waals surface area contributed by atoms with E-state index in [-0.39, 0.29) is 0 Å². The lowest BCUT2D eigenvalue weighted by Crippen LogP contribution is -2.11.